The van der Waals surface area contributed by atoms with E-state index in [2.05, 4.69) is 20.2 Å². The van der Waals surface area contributed by atoms with Crippen molar-refractivity contribution >= 4 is 27.6 Å². The minimum Gasteiger partial charge on any atom is -0.352 e. The molecule has 2 aromatic heterocycles. The molecular formula is C15H19N5O2S. The van der Waals surface area contributed by atoms with Crippen LogP contribution in [0.5, 0.6) is 0 Å². The number of amides is 2. The number of likely N-dealkylation sites (tertiary alicyclic amines) is 1. The van der Waals surface area contributed by atoms with Gasteiger partial charge in [0, 0.05) is 24.0 Å². The first kappa shape index (κ1) is 14.6. The molecule has 8 heteroatoms. The number of aryl methyl sites for hydroxylation is 2. The molecule has 1 aliphatic heterocycles. The van der Waals surface area contributed by atoms with Crippen LogP contribution in [0.4, 0.5) is 4.79 Å². The second-order valence-electron chi connectivity index (χ2n) is 6.28. The Morgan fingerprint density at radius 2 is 2.35 bits per heavy atom. The van der Waals surface area contributed by atoms with Gasteiger partial charge in [-0.25, -0.2) is 9.78 Å². The number of fused-ring (bicyclic) bond motifs is 3. The first-order chi connectivity index (χ1) is 11.1. The van der Waals surface area contributed by atoms with Gasteiger partial charge in [0.2, 0.25) is 0 Å². The van der Waals surface area contributed by atoms with Crippen LogP contribution in [0, 0.1) is 0 Å². The number of urea groups is 1. The van der Waals surface area contributed by atoms with Gasteiger partial charge in [-0.2, -0.15) is 0 Å². The quantitative estimate of drug-likeness (QED) is 0.769. The van der Waals surface area contributed by atoms with Gasteiger partial charge in [0.15, 0.2) is 0 Å². The summed E-state index contributed by atoms with van der Waals surface area (Å²) < 4.78 is 0. The Morgan fingerprint density at radius 3 is 3.17 bits per heavy atom. The molecule has 1 fully saturated rings. The topological polar surface area (TPSA) is 104 Å². The monoisotopic (exact) mass is 333 g/mol. The summed E-state index contributed by atoms with van der Waals surface area (Å²) in [5.41, 5.74) is 6.35. The highest BCUT2D eigenvalue weighted by Crippen LogP contribution is 2.34. The summed E-state index contributed by atoms with van der Waals surface area (Å²) in [6.07, 6.45) is 4.06. The van der Waals surface area contributed by atoms with Crippen molar-refractivity contribution in [1.82, 2.24) is 20.2 Å². The minimum absolute atomic E-state index is 0.0181. The van der Waals surface area contributed by atoms with Crippen molar-refractivity contribution in [3.63, 3.8) is 0 Å². The van der Waals surface area contributed by atoms with Crippen molar-refractivity contribution in [2.24, 2.45) is 5.73 Å². The lowest BCUT2D eigenvalue weighted by Crippen LogP contribution is -2.40. The SMILES string of the molecule is NC(=O)N[C@H]1CCN(Cc2nc3sc4c(c3c(=O)[nH]2)CCC4)C1. The molecule has 0 spiro atoms. The van der Waals surface area contributed by atoms with Crippen LogP contribution in [0.1, 0.15) is 29.1 Å². The van der Waals surface area contributed by atoms with Crippen LogP contribution in [0.15, 0.2) is 4.79 Å². The van der Waals surface area contributed by atoms with E-state index in [-0.39, 0.29) is 11.6 Å². The molecule has 122 valence electrons. The van der Waals surface area contributed by atoms with Gasteiger partial charge in [0.05, 0.1) is 11.9 Å². The third kappa shape index (κ3) is 2.72. The summed E-state index contributed by atoms with van der Waals surface area (Å²) in [7, 11) is 0. The van der Waals surface area contributed by atoms with Gasteiger partial charge in [0.1, 0.15) is 10.7 Å². The van der Waals surface area contributed by atoms with Crippen molar-refractivity contribution in [2.45, 2.75) is 38.3 Å². The lowest BCUT2D eigenvalue weighted by atomic mass is 10.2. The van der Waals surface area contributed by atoms with Gasteiger partial charge in [0.25, 0.3) is 5.56 Å². The van der Waals surface area contributed by atoms with Crippen LogP contribution in [0.2, 0.25) is 0 Å². The normalized spacial score (nSPS) is 21.0. The molecule has 1 aliphatic carbocycles. The molecule has 23 heavy (non-hydrogen) atoms. The number of aromatic nitrogens is 2. The number of hydrogen-bond donors (Lipinski definition) is 3. The van der Waals surface area contributed by atoms with E-state index in [1.165, 1.54) is 10.4 Å². The highest BCUT2D eigenvalue weighted by atomic mass is 32.1. The number of carbonyl (C=O) groups is 1. The van der Waals surface area contributed by atoms with E-state index in [0.717, 1.165) is 49.0 Å². The molecule has 2 aliphatic rings. The molecule has 2 amide bonds. The number of thiophene rings is 1. The molecule has 0 saturated carbocycles. The van der Waals surface area contributed by atoms with E-state index in [1.807, 2.05) is 0 Å². The van der Waals surface area contributed by atoms with E-state index in [0.29, 0.717) is 12.4 Å². The predicted molar refractivity (Wildman–Crippen MR) is 88.7 cm³/mol. The summed E-state index contributed by atoms with van der Waals surface area (Å²) >= 11 is 1.66. The van der Waals surface area contributed by atoms with Gasteiger partial charge in [-0.15, -0.1) is 11.3 Å². The summed E-state index contributed by atoms with van der Waals surface area (Å²) in [6, 6.07) is -0.411. The highest BCUT2D eigenvalue weighted by Gasteiger charge is 2.25. The van der Waals surface area contributed by atoms with Gasteiger partial charge in [-0.05, 0) is 31.2 Å². The van der Waals surface area contributed by atoms with Gasteiger partial charge >= 0.3 is 6.03 Å². The molecule has 0 unspecified atom stereocenters. The average molecular weight is 333 g/mol. The lowest BCUT2D eigenvalue weighted by molar-refractivity contribution is 0.244. The maximum absolute atomic E-state index is 12.4. The van der Waals surface area contributed by atoms with Crippen molar-refractivity contribution in [1.29, 1.82) is 0 Å². The van der Waals surface area contributed by atoms with E-state index in [4.69, 9.17) is 5.73 Å². The molecule has 1 atom stereocenters. The summed E-state index contributed by atoms with van der Waals surface area (Å²) in [5, 5.41) is 3.52. The number of nitrogens with one attached hydrogen (secondary N) is 2. The number of H-pyrrole nitrogens is 1. The highest BCUT2D eigenvalue weighted by molar-refractivity contribution is 7.18. The molecule has 0 radical (unpaired) electrons. The Kier molecular flexibility index (Phi) is 3.57. The molecule has 0 bridgehead atoms. The van der Waals surface area contributed by atoms with Crippen molar-refractivity contribution < 1.29 is 4.79 Å². The molecular weight excluding hydrogens is 314 g/mol. The Balaban J connectivity index is 1.54. The average Bonchev–Trinajstić information content (AvgIpc) is 3.13. The molecule has 4 rings (SSSR count). The Bertz CT molecular complexity index is 827. The maximum Gasteiger partial charge on any atom is 0.312 e. The van der Waals surface area contributed by atoms with E-state index in [9.17, 15) is 9.59 Å². The molecule has 2 aromatic rings. The molecule has 1 saturated heterocycles. The fourth-order valence-electron chi connectivity index (χ4n) is 3.63. The number of rotatable bonds is 3. The Hall–Kier alpha value is -1.93. The van der Waals surface area contributed by atoms with Gasteiger partial charge in [-0.3, -0.25) is 9.69 Å². The molecule has 7 nitrogen and oxygen atoms in total. The van der Waals surface area contributed by atoms with Crippen molar-refractivity contribution in [3.8, 4) is 0 Å². The Labute approximate surface area is 136 Å². The zero-order chi connectivity index (χ0) is 16.0. The summed E-state index contributed by atoms with van der Waals surface area (Å²) in [6.45, 7) is 2.17. The predicted octanol–water partition coefficient (Wildman–Crippen LogP) is 0.716. The van der Waals surface area contributed by atoms with Crippen LogP contribution in [-0.2, 0) is 19.4 Å². The third-order valence-corrected chi connectivity index (χ3v) is 5.80. The third-order valence-electron chi connectivity index (χ3n) is 4.62. The minimum atomic E-state index is -0.488. The summed E-state index contributed by atoms with van der Waals surface area (Å²) in [5.74, 6) is 0.696. The summed E-state index contributed by atoms with van der Waals surface area (Å²) in [4.78, 5) is 35.3. The lowest BCUT2D eigenvalue weighted by Gasteiger charge is -2.15. The fourth-order valence-corrected chi connectivity index (χ4v) is 4.91. The van der Waals surface area contributed by atoms with Gasteiger partial charge in [-0.1, -0.05) is 0 Å². The van der Waals surface area contributed by atoms with E-state index < -0.39 is 6.03 Å². The van der Waals surface area contributed by atoms with E-state index >= 15 is 0 Å². The van der Waals surface area contributed by atoms with Crippen LogP contribution in [0.3, 0.4) is 0 Å². The number of carbonyl (C=O) groups excluding carboxylic acids is 1. The van der Waals surface area contributed by atoms with Crippen molar-refractivity contribution in [2.75, 3.05) is 13.1 Å². The Morgan fingerprint density at radius 1 is 1.48 bits per heavy atom. The number of primary amides is 1. The fraction of sp³-hybridized carbons (Fsp3) is 0.533. The molecule has 0 aromatic carbocycles. The number of aromatic amines is 1. The number of hydrogen-bond acceptors (Lipinski definition) is 5. The maximum atomic E-state index is 12.4. The van der Waals surface area contributed by atoms with Gasteiger partial charge < -0.3 is 16.0 Å². The number of nitrogens with two attached hydrogens (primary N) is 1. The zero-order valence-corrected chi connectivity index (χ0v) is 13.5. The van der Waals surface area contributed by atoms with Crippen LogP contribution < -0.4 is 16.6 Å². The van der Waals surface area contributed by atoms with E-state index in [1.54, 1.807) is 11.3 Å². The molecule has 4 N–H and O–H groups in total. The molecule has 3 heterocycles. The smallest absolute Gasteiger partial charge is 0.312 e. The zero-order valence-electron chi connectivity index (χ0n) is 12.7. The first-order valence-electron chi connectivity index (χ1n) is 7.92. The second kappa shape index (κ2) is 5.61. The van der Waals surface area contributed by atoms with Crippen LogP contribution in [0.25, 0.3) is 10.2 Å². The number of nitrogens with zero attached hydrogens (tertiary/aromatic N) is 2. The second-order valence-corrected chi connectivity index (χ2v) is 7.36. The van der Waals surface area contributed by atoms with Crippen LogP contribution >= 0.6 is 11.3 Å². The largest absolute Gasteiger partial charge is 0.352 e. The first-order valence-corrected chi connectivity index (χ1v) is 8.73. The standard InChI is InChI=1S/C15H19N5O2S/c16-15(22)17-8-4-5-20(6-8)7-11-18-13(21)12-9-2-1-3-10(9)23-14(12)19-11/h8H,1-7H2,(H3,16,17,22)(H,18,19,21)/t8-/m0/s1. The van der Waals surface area contributed by atoms with Crippen molar-refractivity contribution in [3.05, 3.63) is 26.6 Å². The van der Waals surface area contributed by atoms with Crippen LogP contribution in [-0.4, -0.2) is 40.0 Å².